The Labute approximate surface area is 121 Å². The molecule has 4 nitrogen and oxygen atoms in total. The van der Waals surface area contributed by atoms with Gasteiger partial charge in [0.1, 0.15) is 0 Å². The molecule has 3 rings (SSSR count). The molecule has 1 heterocycles. The van der Waals surface area contributed by atoms with Crippen LogP contribution in [0.4, 0.5) is 5.69 Å². The van der Waals surface area contributed by atoms with Crippen molar-refractivity contribution in [2.45, 2.75) is 0 Å². The van der Waals surface area contributed by atoms with Crippen molar-refractivity contribution in [3.05, 3.63) is 66.2 Å². The Balaban J connectivity index is 2.03. The average Bonchev–Trinajstić information content (AvgIpc) is 2.86. The number of carbonyl (C=O) groups is 2. The van der Waals surface area contributed by atoms with Gasteiger partial charge in [0.15, 0.2) is 0 Å². The van der Waals surface area contributed by atoms with Crippen LogP contribution in [0.15, 0.2) is 60.7 Å². The lowest BCUT2D eigenvalue weighted by atomic mass is 10.0. The summed E-state index contributed by atoms with van der Waals surface area (Å²) >= 11 is 0. The van der Waals surface area contributed by atoms with Crippen LogP contribution in [0.5, 0.6) is 0 Å². The van der Waals surface area contributed by atoms with Gasteiger partial charge in [0.2, 0.25) is 0 Å². The molecule has 100 valence electrons. The first-order valence-corrected chi connectivity index (χ1v) is 6.36. The minimum absolute atomic E-state index is 0.345. The second kappa shape index (κ2) is 5.06. The molecular formula is C17H10N2O2. The molecule has 2 amide bonds. The van der Waals surface area contributed by atoms with Crippen molar-refractivity contribution in [2.75, 3.05) is 4.90 Å². The van der Waals surface area contributed by atoms with Gasteiger partial charge in [-0.15, -0.1) is 0 Å². The van der Waals surface area contributed by atoms with E-state index in [0.717, 1.165) is 16.0 Å². The Morgan fingerprint density at radius 1 is 0.857 bits per heavy atom. The van der Waals surface area contributed by atoms with Crippen LogP contribution in [0.1, 0.15) is 5.56 Å². The summed E-state index contributed by atoms with van der Waals surface area (Å²) in [6.07, 6.45) is 2.51. The molecule has 0 atom stereocenters. The van der Waals surface area contributed by atoms with Gasteiger partial charge in [-0.3, -0.25) is 9.59 Å². The molecule has 1 aliphatic heterocycles. The van der Waals surface area contributed by atoms with Gasteiger partial charge in [0, 0.05) is 12.2 Å². The largest absolute Gasteiger partial charge is 0.269 e. The number of rotatable bonds is 2. The van der Waals surface area contributed by atoms with Gasteiger partial charge >= 0.3 is 0 Å². The van der Waals surface area contributed by atoms with Crippen LogP contribution in [0.2, 0.25) is 0 Å². The predicted molar refractivity (Wildman–Crippen MR) is 78.2 cm³/mol. The highest BCUT2D eigenvalue weighted by Gasteiger charge is 2.25. The number of hydrogen-bond acceptors (Lipinski definition) is 3. The van der Waals surface area contributed by atoms with E-state index in [0.29, 0.717) is 11.3 Å². The summed E-state index contributed by atoms with van der Waals surface area (Å²) in [5.41, 5.74) is 2.79. The summed E-state index contributed by atoms with van der Waals surface area (Å²) in [5.74, 6) is -0.689. The lowest BCUT2D eigenvalue weighted by Gasteiger charge is -2.15. The third-order valence-corrected chi connectivity index (χ3v) is 3.24. The molecule has 0 bridgehead atoms. The molecular weight excluding hydrogens is 264 g/mol. The van der Waals surface area contributed by atoms with Gasteiger partial charge in [-0.25, -0.2) is 4.90 Å². The maximum absolute atomic E-state index is 11.7. The number of hydrogen-bond donors (Lipinski definition) is 0. The van der Waals surface area contributed by atoms with Gasteiger partial charge in [0.05, 0.1) is 17.3 Å². The zero-order chi connectivity index (χ0) is 14.8. The highest BCUT2D eigenvalue weighted by Crippen LogP contribution is 2.27. The Morgan fingerprint density at radius 3 is 2.14 bits per heavy atom. The van der Waals surface area contributed by atoms with Gasteiger partial charge in [-0.2, -0.15) is 5.26 Å². The summed E-state index contributed by atoms with van der Waals surface area (Å²) < 4.78 is 0. The molecule has 0 spiro atoms. The molecule has 0 N–H and O–H groups in total. The number of anilines is 1. The van der Waals surface area contributed by atoms with Crippen molar-refractivity contribution in [1.29, 1.82) is 5.26 Å². The first kappa shape index (κ1) is 12.8. The number of carbonyl (C=O) groups excluding carboxylic acids is 2. The molecule has 0 saturated heterocycles. The molecule has 1 aliphatic rings. The van der Waals surface area contributed by atoms with Crippen LogP contribution in [0, 0.1) is 11.3 Å². The van der Waals surface area contributed by atoms with E-state index in [1.54, 1.807) is 36.4 Å². The summed E-state index contributed by atoms with van der Waals surface area (Å²) in [6.45, 7) is 0. The van der Waals surface area contributed by atoms with Gasteiger partial charge < -0.3 is 0 Å². The van der Waals surface area contributed by atoms with Crippen LogP contribution in [-0.2, 0) is 9.59 Å². The monoisotopic (exact) mass is 274 g/mol. The first-order chi connectivity index (χ1) is 10.2. The van der Waals surface area contributed by atoms with E-state index in [-0.39, 0.29) is 11.8 Å². The number of imide groups is 1. The van der Waals surface area contributed by atoms with E-state index in [4.69, 9.17) is 5.26 Å². The predicted octanol–water partition coefficient (Wildman–Crippen LogP) is 2.65. The topological polar surface area (TPSA) is 61.2 Å². The number of nitriles is 1. The SMILES string of the molecule is N#Cc1cccc(-c2cccc(N3C(=O)C=CC3=O)c2)c1. The summed E-state index contributed by atoms with van der Waals surface area (Å²) in [6, 6.07) is 16.4. The second-order valence-electron chi connectivity index (χ2n) is 4.59. The molecule has 0 radical (unpaired) electrons. The van der Waals surface area contributed by atoms with Crippen molar-refractivity contribution in [3.63, 3.8) is 0 Å². The van der Waals surface area contributed by atoms with E-state index < -0.39 is 0 Å². The van der Waals surface area contributed by atoms with Crippen molar-refractivity contribution >= 4 is 17.5 Å². The van der Waals surface area contributed by atoms with Gasteiger partial charge in [-0.1, -0.05) is 24.3 Å². The van der Waals surface area contributed by atoms with E-state index in [2.05, 4.69) is 6.07 Å². The van der Waals surface area contributed by atoms with E-state index in [1.807, 2.05) is 12.1 Å². The molecule has 4 heteroatoms. The Hall–Kier alpha value is -3.19. The van der Waals surface area contributed by atoms with E-state index in [9.17, 15) is 9.59 Å². The fraction of sp³-hybridized carbons (Fsp3) is 0. The maximum Gasteiger partial charge on any atom is 0.258 e. The Morgan fingerprint density at radius 2 is 1.48 bits per heavy atom. The zero-order valence-corrected chi connectivity index (χ0v) is 11.0. The van der Waals surface area contributed by atoms with Crippen LogP contribution in [-0.4, -0.2) is 11.8 Å². The third kappa shape index (κ3) is 2.33. The zero-order valence-electron chi connectivity index (χ0n) is 11.0. The van der Waals surface area contributed by atoms with Gasteiger partial charge in [-0.05, 0) is 35.4 Å². The van der Waals surface area contributed by atoms with Crippen molar-refractivity contribution in [1.82, 2.24) is 0 Å². The molecule has 2 aromatic carbocycles. The molecule has 0 aromatic heterocycles. The summed E-state index contributed by atoms with van der Waals surface area (Å²) in [7, 11) is 0. The Bertz CT molecular complexity index is 798. The Kier molecular flexibility index (Phi) is 3.09. The van der Waals surface area contributed by atoms with Crippen molar-refractivity contribution in [3.8, 4) is 17.2 Å². The maximum atomic E-state index is 11.7. The van der Waals surface area contributed by atoms with Crippen LogP contribution in [0.3, 0.4) is 0 Å². The number of nitrogens with zero attached hydrogens (tertiary/aromatic N) is 2. The molecule has 0 unspecified atom stereocenters. The minimum Gasteiger partial charge on any atom is -0.269 e. The van der Waals surface area contributed by atoms with Crippen LogP contribution >= 0.6 is 0 Å². The first-order valence-electron chi connectivity index (χ1n) is 6.36. The van der Waals surface area contributed by atoms with Crippen molar-refractivity contribution < 1.29 is 9.59 Å². The quantitative estimate of drug-likeness (QED) is 0.791. The molecule has 2 aromatic rings. The smallest absolute Gasteiger partial charge is 0.258 e. The molecule has 0 aliphatic carbocycles. The summed E-state index contributed by atoms with van der Waals surface area (Å²) in [5, 5.41) is 8.95. The van der Waals surface area contributed by atoms with Gasteiger partial charge in [0.25, 0.3) is 11.8 Å². The van der Waals surface area contributed by atoms with E-state index >= 15 is 0 Å². The fourth-order valence-electron chi connectivity index (χ4n) is 2.25. The number of benzene rings is 2. The highest BCUT2D eigenvalue weighted by molar-refractivity contribution is 6.28. The van der Waals surface area contributed by atoms with E-state index in [1.165, 1.54) is 12.2 Å². The normalized spacial score (nSPS) is 13.6. The molecule has 0 saturated carbocycles. The lowest BCUT2D eigenvalue weighted by Crippen LogP contribution is -2.29. The summed E-state index contributed by atoms with van der Waals surface area (Å²) in [4.78, 5) is 24.5. The van der Waals surface area contributed by atoms with Crippen LogP contribution < -0.4 is 4.90 Å². The third-order valence-electron chi connectivity index (χ3n) is 3.24. The number of amides is 2. The average molecular weight is 274 g/mol. The van der Waals surface area contributed by atoms with Crippen molar-refractivity contribution in [2.24, 2.45) is 0 Å². The minimum atomic E-state index is -0.345. The molecule has 0 fully saturated rings. The molecule has 21 heavy (non-hydrogen) atoms. The fourth-order valence-corrected chi connectivity index (χ4v) is 2.25. The lowest BCUT2D eigenvalue weighted by molar-refractivity contribution is -0.119. The van der Waals surface area contributed by atoms with Crippen LogP contribution in [0.25, 0.3) is 11.1 Å². The standard InChI is InChI=1S/C17H10N2O2/c18-11-12-3-1-4-13(9-12)14-5-2-6-15(10-14)19-16(20)7-8-17(19)21/h1-10H. The highest BCUT2D eigenvalue weighted by atomic mass is 16.2. The second-order valence-corrected chi connectivity index (χ2v) is 4.59.